The van der Waals surface area contributed by atoms with Gasteiger partial charge in [-0.15, -0.1) is 0 Å². The summed E-state index contributed by atoms with van der Waals surface area (Å²) >= 11 is 0. The molecular formula is C27H28N4O7. The van der Waals surface area contributed by atoms with Crippen LogP contribution in [-0.4, -0.2) is 73.7 Å². The summed E-state index contributed by atoms with van der Waals surface area (Å²) in [5.74, 6) is 0.750. The number of ether oxygens (including phenoxy) is 4. The lowest BCUT2D eigenvalue weighted by atomic mass is 10.1. The number of aromatic nitrogens is 1. The number of nitrogens with zero attached hydrogens (tertiary/aromatic N) is 1. The molecule has 198 valence electrons. The van der Waals surface area contributed by atoms with Crippen LogP contribution in [0.5, 0.6) is 23.0 Å². The molecule has 0 radical (unpaired) electrons. The third-order valence-corrected chi connectivity index (χ3v) is 6.50. The highest BCUT2D eigenvalue weighted by molar-refractivity contribution is 5.95. The molecule has 1 aromatic heterocycles. The second-order valence-corrected chi connectivity index (χ2v) is 8.93. The first-order valence-corrected chi connectivity index (χ1v) is 12.1. The maximum atomic E-state index is 13.0. The highest BCUT2D eigenvalue weighted by Crippen LogP contribution is 2.30. The minimum absolute atomic E-state index is 0.191. The lowest BCUT2D eigenvalue weighted by Crippen LogP contribution is -2.46. The molecule has 1 fully saturated rings. The number of methoxy groups -OCH3 is 2. The Morgan fingerprint density at radius 2 is 1.87 bits per heavy atom. The minimum Gasteiger partial charge on any atom is -0.496 e. The summed E-state index contributed by atoms with van der Waals surface area (Å²) in [7, 11) is 3.01. The number of rotatable bonds is 3. The summed E-state index contributed by atoms with van der Waals surface area (Å²) < 4.78 is 22.9. The molecule has 4 bridgehead atoms. The van der Waals surface area contributed by atoms with Crippen LogP contribution in [0.15, 0.2) is 54.7 Å². The van der Waals surface area contributed by atoms with Gasteiger partial charge in [0.05, 0.1) is 26.8 Å². The van der Waals surface area contributed by atoms with E-state index in [1.807, 2.05) is 0 Å². The van der Waals surface area contributed by atoms with Gasteiger partial charge in [-0.25, -0.2) is 0 Å². The predicted molar refractivity (Wildman–Crippen MR) is 136 cm³/mol. The Balaban J connectivity index is 1.46. The number of amides is 3. The van der Waals surface area contributed by atoms with E-state index < -0.39 is 18.1 Å². The summed E-state index contributed by atoms with van der Waals surface area (Å²) in [4.78, 5) is 43.3. The second kappa shape index (κ2) is 10.8. The highest BCUT2D eigenvalue weighted by atomic mass is 16.5. The van der Waals surface area contributed by atoms with Crippen LogP contribution in [0.25, 0.3) is 0 Å². The van der Waals surface area contributed by atoms with Crippen molar-refractivity contribution in [2.45, 2.75) is 18.7 Å². The Bertz CT molecular complexity index is 1340. The van der Waals surface area contributed by atoms with Crippen molar-refractivity contribution in [1.29, 1.82) is 0 Å². The number of carbonyl (C=O) groups excluding carboxylic acids is 3. The van der Waals surface area contributed by atoms with Gasteiger partial charge in [0.2, 0.25) is 0 Å². The molecule has 2 aromatic carbocycles. The van der Waals surface area contributed by atoms with Gasteiger partial charge in [-0.2, -0.15) is 0 Å². The van der Waals surface area contributed by atoms with Crippen molar-refractivity contribution in [3.63, 3.8) is 0 Å². The smallest absolute Gasteiger partial charge is 0.270 e. The van der Waals surface area contributed by atoms with E-state index in [1.165, 1.54) is 20.3 Å². The summed E-state index contributed by atoms with van der Waals surface area (Å²) in [6, 6.07) is 13.0. The molecule has 3 aliphatic heterocycles. The Kier molecular flexibility index (Phi) is 7.07. The maximum Gasteiger partial charge on any atom is 0.270 e. The quantitative estimate of drug-likeness (QED) is 0.480. The number of hydrogen-bond donors (Lipinski definition) is 3. The fourth-order valence-corrected chi connectivity index (χ4v) is 4.55. The van der Waals surface area contributed by atoms with Crippen molar-refractivity contribution in [1.82, 2.24) is 20.5 Å². The standard InChI is InChI=1S/C27H28N4O7/c1-35-21-8-6-16-10-23(21)37-15-25(32)30-20-13-31(27(34)19-4-3-9-28-19)14-24(20)38-18-7-5-17(12-29-26(16)33)22(11-18)36-2/h3-11,20,24,28H,12-15H2,1-2H3,(H,29,33)(H,30,32)/t20-,24-/m1/s1. The van der Waals surface area contributed by atoms with E-state index in [0.717, 1.165) is 5.56 Å². The number of likely N-dealkylation sites (tertiary alicyclic amines) is 1. The fraction of sp³-hybridized carbons (Fsp3) is 0.296. The van der Waals surface area contributed by atoms with Crippen LogP contribution in [0.2, 0.25) is 0 Å². The van der Waals surface area contributed by atoms with Crippen molar-refractivity contribution >= 4 is 17.7 Å². The number of carbonyl (C=O) groups is 3. The summed E-state index contributed by atoms with van der Waals surface area (Å²) in [5, 5.41) is 5.80. The van der Waals surface area contributed by atoms with E-state index in [1.54, 1.807) is 53.6 Å². The monoisotopic (exact) mass is 520 g/mol. The molecule has 3 aromatic rings. The van der Waals surface area contributed by atoms with Gasteiger partial charge >= 0.3 is 0 Å². The predicted octanol–water partition coefficient (Wildman–Crippen LogP) is 1.74. The Hall–Kier alpha value is -4.67. The average molecular weight is 521 g/mol. The van der Waals surface area contributed by atoms with Gasteiger partial charge < -0.3 is 39.5 Å². The molecule has 11 nitrogen and oxygen atoms in total. The van der Waals surface area contributed by atoms with Gasteiger partial charge in [-0.05, 0) is 42.5 Å². The van der Waals surface area contributed by atoms with Gasteiger partial charge in [-0.3, -0.25) is 14.4 Å². The lowest BCUT2D eigenvalue weighted by molar-refractivity contribution is -0.124. The van der Waals surface area contributed by atoms with Crippen LogP contribution in [0.3, 0.4) is 0 Å². The number of benzene rings is 2. The molecule has 0 aliphatic carbocycles. The topological polar surface area (TPSA) is 131 Å². The zero-order chi connectivity index (χ0) is 26.6. The Labute approximate surface area is 219 Å². The minimum atomic E-state index is -0.526. The third-order valence-electron chi connectivity index (χ3n) is 6.50. The van der Waals surface area contributed by atoms with Gasteiger partial charge in [0.15, 0.2) is 18.1 Å². The fourth-order valence-electron chi connectivity index (χ4n) is 4.55. The SMILES string of the molecule is COc1cc2ccc1CNC(=O)c1ccc(OC)c(c1)OCC(=O)N[C@@H]1CN(C(=O)c3ccc[nH]3)C[C@H]1O2. The summed E-state index contributed by atoms with van der Waals surface area (Å²) in [5.41, 5.74) is 1.55. The summed E-state index contributed by atoms with van der Waals surface area (Å²) in [6.45, 7) is 0.409. The molecular weight excluding hydrogens is 492 g/mol. The van der Waals surface area contributed by atoms with Crippen LogP contribution >= 0.6 is 0 Å². The molecule has 2 atom stereocenters. The van der Waals surface area contributed by atoms with Crippen molar-refractivity contribution in [3.8, 4) is 23.0 Å². The van der Waals surface area contributed by atoms with Crippen molar-refractivity contribution in [2.75, 3.05) is 33.9 Å². The van der Waals surface area contributed by atoms with Gasteiger partial charge in [0.1, 0.15) is 23.3 Å². The maximum absolute atomic E-state index is 13.0. The first kappa shape index (κ1) is 25.0. The molecule has 3 amide bonds. The van der Waals surface area contributed by atoms with Crippen molar-refractivity contribution < 1.29 is 33.3 Å². The van der Waals surface area contributed by atoms with Crippen LogP contribution < -0.4 is 29.6 Å². The third kappa shape index (κ3) is 5.22. The zero-order valence-electron chi connectivity index (χ0n) is 21.0. The van der Waals surface area contributed by atoms with Crippen LogP contribution in [0, 0.1) is 0 Å². The van der Waals surface area contributed by atoms with E-state index in [0.29, 0.717) is 28.5 Å². The van der Waals surface area contributed by atoms with Gasteiger partial charge in [0.25, 0.3) is 17.7 Å². The van der Waals surface area contributed by atoms with E-state index >= 15 is 0 Å². The normalized spacial score (nSPS) is 19.4. The lowest BCUT2D eigenvalue weighted by Gasteiger charge is -2.22. The average Bonchev–Trinajstić information content (AvgIpc) is 3.60. The number of aromatic amines is 1. The van der Waals surface area contributed by atoms with Crippen molar-refractivity contribution in [2.24, 2.45) is 0 Å². The van der Waals surface area contributed by atoms with Gasteiger partial charge in [0, 0.05) is 36.5 Å². The molecule has 4 heterocycles. The number of fused-ring (bicyclic) bond motifs is 7. The molecule has 38 heavy (non-hydrogen) atoms. The van der Waals surface area contributed by atoms with E-state index in [4.69, 9.17) is 18.9 Å². The van der Waals surface area contributed by atoms with Crippen LogP contribution in [0.4, 0.5) is 0 Å². The summed E-state index contributed by atoms with van der Waals surface area (Å²) in [6.07, 6.45) is 1.16. The van der Waals surface area contributed by atoms with E-state index in [-0.39, 0.29) is 43.8 Å². The van der Waals surface area contributed by atoms with Gasteiger partial charge in [-0.1, -0.05) is 0 Å². The molecule has 3 N–H and O–H groups in total. The molecule has 3 aliphatic rings. The molecule has 0 saturated carbocycles. The number of nitrogens with one attached hydrogen (secondary N) is 3. The van der Waals surface area contributed by atoms with E-state index in [2.05, 4.69) is 15.6 Å². The van der Waals surface area contributed by atoms with Crippen LogP contribution in [-0.2, 0) is 11.3 Å². The number of hydrogen-bond acceptors (Lipinski definition) is 7. The first-order chi connectivity index (χ1) is 18.4. The van der Waals surface area contributed by atoms with E-state index in [9.17, 15) is 14.4 Å². The Morgan fingerprint density at radius 1 is 1.03 bits per heavy atom. The zero-order valence-corrected chi connectivity index (χ0v) is 21.0. The molecule has 0 spiro atoms. The Morgan fingerprint density at radius 3 is 2.63 bits per heavy atom. The second-order valence-electron chi connectivity index (χ2n) is 8.93. The molecule has 0 unspecified atom stereocenters. The largest absolute Gasteiger partial charge is 0.496 e. The number of H-pyrrole nitrogens is 1. The molecule has 1 saturated heterocycles. The van der Waals surface area contributed by atoms with Crippen molar-refractivity contribution in [3.05, 3.63) is 71.5 Å². The molecule has 11 heteroatoms. The van der Waals surface area contributed by atoms with Crippen LogP contribution in [0.1, 0.15) is 26.4 Å². The molecule has 6 rings (SSSR count). The highest BCUT2D eigenvalue weighted by Gasteiger charge is 2.38. The first-order valence-electron chi connectivity index (χ1n) is 12.1.